The van der Waals surface area contributed by atoms with Crippen LogP contribution in [0.4, 0.5) is 5.82 Å². The highest BCUT2D eigenvalue weighted by Gasteiger charge is 2.07. The highest BCUT2D eigenvalue weighted by Crippen LogP contribution is 2.09. The van der Waals surface area contributed by atoms with Crippen molar-refractivity contribution < 1.29 is 4.79 Å². The number of carbonyl (C=O) groups excluding carboxylic acids is 1. The van der Waals surface area contributed by atoms with E-state index in [2.05, 4.69) is 15.6 Å². The van der Waals surface area contributed by atoms with Crippen molar-refractivity contribution in [3.05, 3.63) is 23.4 Å². The smallest absolute Gasteiger partial charge is 0.251 e. The average Bonchev–Trinajstić information content (AvgIpc) is 2.27. The van der Waals surface area contributed by atoms with E-state index in [1.54, 1.807) is 19.2 Å². The van der Waals surface area contributed by atoms with Gasteiger partial charge in [0.05, 0.1) is 0 Å². The topological polar surface area (TPSA) is 57.3 Å². The van der Waals surface area contributed by atoms with E-state index in [1.807, 2.05) is 25.9 Å². The summed E-state index contributed by atoms with van der Waals surface area (Å²) in [6.07, 6.45) is 0. The van der Waals surface area contributed by atoms with E-state index in [4.69, 9.17) is 0 Å². The Morgan fingerprint density at radius 3 is 2.71 bits per heavy atom. The first-order valence-electron chi connectivity index (χ1n) is 5.62. The molecule has 1 rings (SSSR count). The van der Waals surface area contributed by atoms with Gasteiger partial charge in [0.1, 0.15) is 5.82 Å². The highest BCUT2D eigenvalue weighted by atomic mass is 16.1. The minimum absolute atomic E-state index is 0.0612. The van der Waals surface area contributed by atoms with Gasteiger partial charge in [-0.15, -0.1) is 0 Å². The number of nitrogens with zero attached hydrogens (tertiary/aromatic N) is 2. The molecule has 2 N–H and O–H groups in total. The number of carbonyl (C=O) groups is 1. The lowest BCUT2D eigenvalue weighted by Crippen LogP contribution is -2.31. The van der Waals surface area contributed by atoms with Gasteiger partial charge in [-0.1, -0.05) is 0 Å². The van der Waals surface area contributed by atoms with Crippen LogP contribution in [0.25, 0.3) is 0 Å². The Bertz CT molecular complexity index is 390. The average molecular weight is 236 g/mol. The summed E-state index contributed by atoms with van der Waals surface area (Å²) in [5.41, 5.74) is 1.47. The molecule has 1 heterocycles. The lowest BCUT2D eigenvalue weighted by atomic mass is 10.2. The molecule has 0 unspecified atom stereocenters. The quantitative estimate of drug-likeness (QED) is 0.791. The van der Waals surface area contributed by atoms with Crippen LogP contribution in [0, 0.1) is 6.92 Å². The predicted octanol–water partition coefficient (Wildman–Crippen LogP) is 0.723. The third kappa shape index (κ3) is 4.40. The summed E-state index contributed by atoms with van der Waals surface area (Å²) in [4.78, 5) is 18.1. The summed E-state index contributed by atoms with van der Waals surface area (Å²) in [5, 5.41) is 5.81. The van der Waals surface area contributed by atoms with Crippen LogP contribution in [-0.4, -0.2) is 50.0 Å². The number of anilines is 1. The molecule has 5 nitrogen and oxygen atoms in total. The van der Waals surface area contributed by atoms with Crippen LogP contribution < -0.4 is 10.6 Å². The maximum atomic E-state index is 11.9. The lowest BCUT2D eigenvalue weighted by Gasteiger charge is -2.11. The van der Waals surface area contributed by atoms with E-state index in [9.17, 15) is 4.79 Å². The van der Waals surface area contributed by atoms with Crippen molar-refractivity contribution in [1.82, 2.24) is 15.2 Å². The molecule has 0 atom stereocenters. The van der Waals surface area contributed by atoms with Gasteiger partial charge in [-0.25, -0.2) is 4.98 Å². The zero-order valence-corrected chi connectivity index (χ0v) is 10.9. The summed E-state index contributed by atoms with van der Waals surface area (Å²) >= 11 is 0. The fraction of sp³-hybridized carbons (Fsp3) is 0.500. The van der Waals surface area contributed by atoms with Gasteiger partial charge < -0.3 is 15.5 Å². The second-order valence-electron chi connectivity index (χ2n) is 4.19. The standard InChI is InChI=1S/C12H20N4O/c1-9-7-10(8-11(13-2)15-9)12(17)14-5-6-16(3)4/h7-8H,5-6H2,1-4H3,(H,13,15)(H,14,17). The molecule has 17 heavy (non-hydrogen) atoms. The number of amides is 1. The van der Waals surface area contributed by atoms with Crippen molar-refractivity contribution >= 4 is 11.7 Å². The number of hydrogen-bond acceptors (Lipinski definition) is 4. The van der Waals surface area contributed by atoms with Gasteiger partial charge >= 0.3 is 0 Å². The summed E-state index contributed by atoms with van der Waals surface area (Å²) in [7, 11) is 5.74. The van der Waals surface area contributed by atoms with Gasteiger partial charge in [-0.05, 0) is 33.2 Å². The van der Waals surface area contributed by atoms with Gasteiger partial charge in [-0.3, -0.25) is 4.79 Å². The molecule has 0 saturated heterocycles. The molecule has 0 spiro atoms. The summed E-state index contributed by atoms with van der Waals surface area (Å²) in [6, 6.07) is 3.53. The van der Waals surface area contributed by atoms with Gasteiger partial charge in [0.25, 0.3) is 5.91 Å². The van der Waals surface area contributed by atoms with Gasteiger partial charge in [0.2, 0.25) is 0 Å². The van der Waals surface area contributed by atoms with E-state index < -0.39 is 0 Å². The van der Waals surface area contributed by atoms with Crippen molar-refractivity contribution in [2.75, 3.05) is 39.5 Å². The highest BCUT2D eigenvalue weighted by molar-refractivity contribution is 5.94. The predicted molar refractivity (Wildman–Crippen MR) is 69.4 cm³/mol. The van der Waals surface area contributed by atoms with Crippen LogP contribution in [0.3, 0.4) is 0 Å². The molecule has 1 aromatic heterocycles. The number of pyridine rings is 1. The molecule has 0 saturated carbocycles. The van der Waals surface area contributed by atoms with E-state index in [-0.39, 0.29) is 5.91 Å². The molecule has 1 amide bonds. The molecule has 1 aromatic rings. The monoisotopic (exact) mass is 236 g/mol. The summed E-state index contributed by atoms with van der Waals surface area (Å²) < 4.78 is 0. The Labute approximate surface area is 102 Å². The fourth-order valence-electron chi connectivity index (χ4n) is 1.42. The number of aryl methyl sites for hydroxylation is 1. The zero-order valence-electron chi connectivity index (χ0n) is 10.9. The minimum Gasteiger partial charge on any atom is -0.373 e. The van der Waals surface area contributed by atoms with Crippen LogP contribution in [-0.2, 0) is 0 Å². The van der Waals surface area contributed by atoms with Crippen LogP contribution in [0.1, 0.15) is 16.1 Å². The van der Waals surface area contributed by atoms with Crippen molar-refractivity contribution in [3.63, 3.8) is 0 Å². The van der Waals surface area contributed by atoms with E-state index in [1.165, 1.54) is 0 Å². The lowest BCUT2D eigenvalue weighted by molar-refractivity contribution is 0.0951. The number of nitrogens with one attached hydrogen (secondary N) is 2. The zero-order chi connectivity index (χ0) is 12.8. The first kappa shape index (κ1) is 13.4. The molecule has 0 fully saturated rings. The molecule has 0 aliphatic rings. The van der Waals surface area contributed by atoms with E-state index >= 15 is 0 Å². The Kier molecular flexibility index (Phi) is 4.90. The van der Waals surface area contributed by atoms with Crippen LogP contribution >= 0.6 is 0 Å². The normalized spacial score (nSPS) is 10.4. The largest absolute Gasteiger partial charge is 0.373 e. The molecule has 94 valence electrons. The Morgan fingerprint density at radius 1 is 1.41 bits per heavy atom. The number of hydrogen-bond donors (Lipinski definition) is 2. The third-order valence-corrected chi connectivity index (χ3v) is 2.32. The first-order valence-corrected chi connectivity index (χ1v) is 5.62. The minimum atomic E-state index is -0.0612. The van der Waals surface area contributed by atoms with Gasteiger partial charge in [-0.2, -0.15) is 0 Å². The van der Waals surface area contributed by atoms with Crippen LogP contribution in [0.5, 0.6) is 0 Å². The van der Waals surface area contributed by atoms with Crippen molar-refractivity contribution in [2.24, 2.45) is 0 Å². The van der Waals surface area contributed by atoms with E-state index in [0.29, 0.717) is 17.9 Å². The maximum Gasteiger partial charge on any atom is 0.251 e. The van der Waals surface area contributed by atoms with Crippen molar-refractivity contribution in [2.45, 2.75) is 6.92 Å². The molecule has 0 aliphatic heterocycles. The van der Waals surface area contributed by atoms with Crippen molar-refractivity contribution in [1.29, 1.82) is 0 Å². The molecule has 0 aromatic carbocycles. The summed E-state index contributed by atoms with van der Waals surface area (Å²) in [6.45, 7) is 3.34. The summed E-state index contributed by atoms with van der Waals surface area (Å²) in [5.74, 6) is 0.650. The first-order chi connectivity index (χ1) is 8.02. The Balaban J connectivity index is 2.65. The number of rotatable bonds is 5. The number of aromatic nitrogens is 1. The molecule has 5 heteroatoms. The third-order valence-electron chi connectivity index (χ3n) is 2.32. The van der Waals surface area contributed by atoms with Gasteiger partial charge in [0, 0.05) is 31.4 Å². The number of likely N-dealkylation sites (N-methyl/N-ethyl adjacent to an activating group) is 1. The second kappa shape index (κ2) is 6.20. The Hall–Kier alpha value is -1.62. The van der Waals surface area contributed by atoms with Gasteiger partial charge in [0.15, 0.2) is 0 Å². The molecule has 0 aliphatic carbocycles. The fourth-order valence-corrected chi connectivity index (χ4v) is 1.42. The SMILES string of the molecule is CNc1cc(C(=O)NCCN(C)C)cc(C)n1. The maximum absolute atomic E-state index is 11.9. The molecular formula is C12H20N4O. The van der Waals surface area contributed by atoms with Crippen molar-refractivity contribution in [3.8, 4) is 0 Å². The Morgan fingerprint density at radius 2 is 2.12 bits per heavy atom. The molecule has 0 bridgehead atoms. The van der Waals surface area contributed by atoms with Crippen LogP contribution in [0.15, 0.2) is 12.1 Å². The van der Waals surface area contributed by atoms with Crippen LogP contribution in [0.2, 0.25) is 0 Å². The molecule has 0 radical (unpaired) electrons. The second-order valence-corrected chi connectivity index (χ2v) is 4.19. The van der Waals surface area contributed by atoms with E-state index in [0.717, 1.165) is 12.2 Å². The molecular weight excluding hydrogens is 216 g/mol.